The first-order chi connectivity index (χ1) is 8.02. The van der Waals surface area contributed by atoms with Crippen molar-refractivity contribution in [1.29, 1.82) is 0 Å². The van der Waals surface area contributed by atoms with Gasteiger partial charge < -0.3 is 15.8 Å². The number of esters is 1. The Morgan fingerprint density at radius 1 is 1.41 bits per heavy atom. The molecule has 0 spiro atoms. The van der Waals surface area contributed by atoms with E-state index in [1.807, 2.05) is 0 Å². The molecular formula is C11H13ClN2O3. The molecule has 3 N–H and O–H groups in total. The maximum atomic E-state index is 11.6. The van der Waals surface area contributed by atoms with E-state index in [0.717, 1.165) is 0 Å². The van der Waals surface area contributed by atoms with Gasteiger partial charge in [0.05, 0.1) is 12.0 Å². The van der Waals surface area contributed by atoms with Gasteiger partial charge in [-0.25, -0.2) is 4.79 Å². The van der Waals surface area contributed by atoms with Crippen molar-refractivity contribution < 1.29 is 14.3 Å². The summed E-state index contributed by atoms with van der Waals surface area (Å²) in [6.45, 7) is 0.0188. The Morgan fingerprint density at radius 2 is 2.12 bits per heavy atom. The first kappa shape index (κ1) is 13.3. The first-order valence-corrected chi connectivity index (χ1v) is 5.34. The van der Waals surface area contributed by atoms with Crippen molar-refractivity contribution in [2.75, 3.05) is 19.4 Å². The van der Waals surface area contributed by atoms with E-state index in [0.29, 0.717) is 10.7 Å². The molecule has 0 bridgehead atoms. The maximum Gasteiger partial charge on any atom is 0.338 e. The molecule has 5 nitrogen and oxygen atoms in total. The summed E-state index contributed by atoms with van der Waals surface area (Å²) in [4.78, 5) is 22.4. The van der Waals surface area contributed by atoms with Gasteiger partial charge in [0.1, 0.15) is 6.61 Å². The highest BCUT2D eigenvalue weighted by atomic mass is 35.5. The van der Waals surface area contributed by atoms with Gasteiger partial charge in [0.25, 0.3) is 0 Å². The van der Waals surface area contributed by atoms with E-state index < -0.39 is 5.97 Å². The smallest absolute Gasteiger partial charge is 0.338 e. The minimum absolute atomic E-state index is 0.0188. The SMILES string of the molecule is CNC(=O)CCOC(=O)c1cc(N)cc(Cl)c1. The van der Waals surface area contributed by atoms with Crippen LogP contribution in [-0.4, -0.2) is 25.5 Å². The number of carbonyl (C=O) groups excluding carboxylic acids is 2. The summed E-state index contributed by atoms with van der Waals surface area (Å²) in [5.74, 6) is -0.744. The van der Waals surface area contributed by atoms with E-state index in [-0.39, 0.29) is 24.5 Å². The molecule has 0 aliphatic carbocycles. The second kappa shape index (κ2) is 6.10. The summed E-state index contributed by atoms with van der Waals surface area (Å²) in [6.07, 6.45) is 0.123. The Balaban J connectivity index is 2.55. The zero-order valence-electron chi connectivity index (χ0n) is 9.33. The van der Waals surface area contributed by atoms with Gasteiger partial charge in [0.2, 0.25) is 5.91 Å². The van der Waals surface area contributed by atoms with Crippen LogP contribution in [-0.2, 0) is 9.53 Å². The number of benzene rings is 1. The number of anilines is 1. The van der Waals surface area contributed by atoms with Gasteiger partial charge in [-0.3, -0.25) is 4.79 Å². The average Bonchev–Trinajstić information content (AvgIpc) is 2.27. The monoisotopic (exact) mass is 256 g/mol. The van der Waals surface area contributed by atoms with Gasteiger partial charge in [-0.2, -0.15) is 0 Å². The molecule has 0 aromatic heterocycles. The number of nitrogens with two attached hydrogens (primary N) is 1. The van der Waals surface area contributed by atoms with Gasteiger partial charge in [-0.05, 0) is 18.2 Å². The van der Waals surface area contributed by atoms with Crippen LogP contribution in [0.25, 0.3) is 0 Å². The number of ether oxygens (including phenoxy) is 1. The molecular weight excluding hydrogens is 244 g/mol. The van der Waals surface area contributed by atoms with Crippen LogP contribution < -0.4 is 11.1 Å². The minimum Gasteiger partial charge on any atom is -0.462 e. The molecule has 1 amide bonds. The van der Waals surface area contributed by atoms with Crippen LogP contribution in [0.1, 0.15) is 16.8 Å². The first-order valence-electron chi connectivity index (χ1n) is 4.96. The molecule has 0 atom stereocenters. The zero-order valence-corrected chi connectivity index (χ0v) is 10.1. The van der Waals surface area contributed by atoms with Crippen molar-refractivity contribution in [3.63, 3.8) is 0 Å². The van der Waals surface area contributed by atoms with Crippen LogP contribution in [0.5, 0.6) is 0 Å². The number of hydrogen-bond donors (Lipinski definition) is 2. The predicted molar refractivity (Wildman–Crippen MR) is 64.8 cm³/mol. The third-order valence-corrected chi connectivity index (χ3v) is 2.22. The molecule has 0 aliphatic heterocycles. The van der Waals surface area contributed by atoms with Gasteiger partial charge in [-0.1, -0.05) is 11.6 Å². The number of nitrogen functional groups attached to an aromatic ring is 1. The lowest BCUT2D eigenvalue weighted by molar-refractivity contribution is -0.121. The predicted octanol–water partition coefficient (Wildman–Crippen LogP) is 1.22. The van der Waals surface area contributed by atoms with Crippen LogP contribution in [0.4, 0.5) is 5.69 Å². The van der Waals surface area contributed by atoms with Crippen LogP contribution in [0.15, 0.2) is 18.2 Å². The van der Waals surface area contributed by atoms with Crippen molar-refractivity contribution in [3.05, 3.63) is 28.8 Å². The molecule has 0 radical (unpaired) electrons. The molecule has 0 saturated heterocycles. The Labute approximate surface area is 104 Å². The van der Waals surface area contributed by atoms with Crippen LogP contribution in [0.3, 0.4) is 0 Å². The Bertz CT molecular complexity index is 414. The number of rotatable bonds is 4. The molecule has 0 heterocycles. The maximum absolute atomic E-state index is 11.6. The van der Waals surface area contributed by atoms with E-state index in [1.54, 1.807) is 0 Å². The molecule has 1 aromatic carbocycles. The number of hydrogen-bond acceptors (Lipinski definition) is 4. The molecule has 0 saturated carbocycles. The van der Waals surface area contributed by atoms with E-state index in [4.69, 9.17) is 22.1 Å². The minimum atomic E-state index is -0.553. The molecule has 6 heteroatoms. The standard InChI is InChI=1S/C11H13ClN2O3/c1-14-10(15)2-3-17-11(16)7-4-8(12)6-9(13)5-7/h4-6H,2-3,13H2,1H3,(H,14,15). The number of amides is 1. The third-order valence-electron chi connectivity index (χ3n) is 2.00. The van der Waals surface area contributed by atoms with Crippen LogP contribution in [0, 0.1) is 0 Å². The van der Waals surface area contributed by atoms with Gasteiger partial charge in [-0.15, -0.1) is 0 Å². The zero-order chi connectivity index (χ0) is 12.8. The quantitative estimate of drug-likeness (QED) is 0.627. The fraction of sp³-hybridized carbons (Fsp3) is 0.273. The molecule has 1 aromatic rings. The van der Waals surface area contributed by atoms with Gasteiger partial charge in [0.15, 0.2) is 0 Å². The van der Waals surface area contributed by atoms with E-state index in [1.165, 1.54) is 25.2 Å². The van der Waals surface area contributed by atoms with Crippen LogP contribution >= 0.6 is 11.6 Å². The topological polar surface area (TPSA) is 81.4 Å². The third kappa shape index (κ3) is 4.32. The van der Waals surface area contributed by atoms with Gasteiger partial charge >= 0.3 is 5.97 Å². The van der Waals surface area contributed by atoms with Crippen molar-refractivity contribution in [2.45, 2.75) is 6.42 Å². The second-order valence-corrected chi connectivity index (χ2v) is 3.77. The summed E-state index contributed by atoms with van der Waals surface area (Å²) >= 11 is 5.75. The van der Waals surface area contributed by atoms with Gasteiger partial charge in [0, 0.05) is 17.8 Å². The molecule has 0 fully saturated rings. The normalized spacial score (nSPS) is 9.76. The highest BCUT2D eigenvalue weighted by Gasteiger charge is 2.09. The van der Waals surface area contributed by atoms with E-state index in [9.17, 15) is 9.59 Å². The lowest BCUT2D eigenvalue weighted by Crippen LogP contribution is -2.20. The summed E-state index contributed by atoms with van der Waals surface area (Å²) in [6, 6.07) is 4.46. The van der Waals surface area contributed by atoms with Crippen molar-refractivity contribution >= 4 is 29.2 Å². The molecule has 0 unspecified atom stereocenters. The molecule has 92 valence electrons. The molecule has 17 heavy (non-hydrogen) atoms. The molecule has 1 rings (SSSR count). The number of halogens is 1. The fourth-order valence-corrected chi connectivity index (χ4v) is 1.42. The summed E-state index contributed by atoms with van der Waals surface area (Å²) in [5, 5.41) is 2.79. The summed E-state index contributed by atoms with van der Waals surface area (Å²) in [7, 11) is 1.52. The van der Waals surface area contributed by atoms with Crippen molar-refractivity contribution in [1.82, 2.24) is 5.32 Å². The fourth-order valence-electron chi connectivity index (χ4n) is 1.17. The Hall–Kier alpha value is -1.75. The summed E-state index contributed by atoms with van der Waals surface area (Å²) in [5.41, 5.74) is 6.19. The Morgan fingerprint density at radius 3 is 2.71 bits per heavy atom. The average molecular weight is 257 g/mol. The lowest BCUT2D eigenvalue weighted by atomic mass is 10.2. The van der Waals surface area contributed by atoms with E-state index in [2.05, 4.69) is 5.32 Å². The van der Waals surface area contributed by atoms with Crippen molar-refractivity contribution in [3.8, 4) is 0 Å². The highest BCUT2D eigenvalue weighted by Crippen LogP contribution is 2.17. The number of carbonyl (C=O) groups is 2. The van der Waals surface area contributed by atoms with Crippen molar-refractivity contribution in [2.24, 2.45) is 0 Å². The summed E-state index contributed by atoms with van der Waals surface area (Å²) < 4.78 is 4.90. The second-order valence-electron chi connectivity index (χ2n) is 3.33. The largest absolute Gasteiger partial charge is 0.462 e. The molecule has 0 aliphatic rings. The lowest BCUT2D eigenvalue weighted by Gasteiger charge is -2.05. The van der Waals surface area contributed by atoms with Crippen LogP contribution in [0.2, 0.25) is 5.02 Å². The number of nitrogens with one attached hydrogen (secondary N) is 1. The Kier molecular flexibility index (Phi) is 4.78. The highest BCUT2D eigenvalue weighted by molar-refractivity contribution is 6.31. The van der Waals surface area contributed by atoms with E-state index >= 15 is 0 Å².